The number of para-hydroxylation sites is 1. The molecule has 166 valence electrons. The smallest absolute Gasteiger partial charge is 0.409 e. The first kappa shape index (κ1) is 21.2. The highest BCUT2D eigenvalue weighted by molar-refractivity contribution is 5.93. The van der Waals surface area contributed by atoms with Crippen molar-refractivity contribution in [2.75, 3.05) is 43.0 Å². The molecule has 3 aromatic rings. The molecule has 0 bridgehead atoms. The molecule has 0 unspecified atom stereocenters. The average Bonchev–Trinajstić information content (AvgIpc) is 2.79. The van der Waals surface area contributed by atoms with Gasteiger partial charge < -0.3 is 19.9 Å². The van der Waals surface area contributed by atoms with Gasteiger partial charge in [0.25, 0.3) is 0 Å². The molecule has 0 spiro atoms. The van der Waals surface area contributed by atoms with Crippen LogP contribution in [0.2, 0.25) is 0 Å². The van der Waals surface area contributed by atoms with Gasteiger partial charge in [-0.3, -0.25) is 15.1 Å². The van der Waals surface area contributed by atoms with Gasteiger partial charge >= 0.3 is 11.8 Å². The van der Waals surface area contributed by atoms with Gasteiger partial charge in [0.1, 0.15) is 6.33 Å². The van der Waals surface area contributed by atoms with E-state index in [0.717, 1.165) is 11.1 Å². The molecule has 0 saturated carbocycles. The molecular weight excluding hydrogens is 414 g/mol. The van der Waals surface area contributed by atoms with Gasteiger partial charge in [0, 0.05) is 37.3 Å². The summed E-state index contributed by atoms with van der Waals surface area (Å²) in [7, 11) is 0. The summed E-state index contributed by atoms with van der Waals surface area (Å²) >= 11 is 0. The van der Waals surface area contributed by atoms with E-state index < -0.39 is 4.92 Å². The Morgan fingerprint density at radius 3 is 2.69 bits per heavy atom. The number of benzene rings is 1. The predicted octanol–water partition coefficient (Wildman–Crippen LogP) is 3.26. The molecule has 1 aliphatic rings. The second-order valence-corrected chi connectivity index (χ2v) is 7.28. The van der Waals surface area contributed by atoms with Crippen LogP contribution in [0.25, 0.3) is 10.9 Å². The SMILES string of the molecule is CCOC(=O)N1CCN(c2ncnc(Nc3cccc4ccc(C)nc34)c2[N+](=O)[O-])CC1. The first-order valence-electron chi connectivity index (χ1n) is 10.3. The quantitative estimate of drug-likeness (QED) is 0.472. The lowest BCUT2D eigenvalue weighted by atomic mass is 10.1. The molecular formula is C21H23N7O4. The number of nitrogens with zero attached hydrogens (tertiary/aromatic N) is 6. The third-order valence-corrected chi connectivity index (χ3v) is 5.20. The second-order valence-electron chi connectivity index (χ2n) is 7.28. The van der Waals surface area contributed by atoms with Crippen molar-refractivity contribution in [2.45, 2.75) is 13.8 Å². The van der Waals surface area contributed by atoms with Crippen LogP contribution in [0.15, 0.2) is 36.7 Å². The largest absolute Gasteiger partial charge is 0.450 e. The summed E-state index contributed by atoms with van der Waals surface area (Å²) in [4.78, 5) is 39.7. The molecule has 1 N–H and O–H groups in total. The monoisotopic (exact) mass is 437 g/mol. The van der Waals surface area contributed by atoms with Crippen LogP contribution in [0.3, 0.4) is 0 Å². The van der Waals surface area contributed by atoms with Gasteiger partial charge in [0.2, 0.25) is 11.6 Å². The molecule has 1 fully saturated rings. The van der Waals surface area contributed by atoms with E-state index in [4.69, 9.17) is 4.74 Å². The number of aryl methyl sites for hydroxylation is 1. The Bertz CT molecular complexity index is 1160. The van der Waals surface area contributed by atoms with Crippen molar-refractivity contribution in [3.63, 3.8) is 0 Å². The van der Waals surface area contributed by atoms with Gasteiger partial charge in [-0.1, -0.05) is 18.2 Å². The number of carbonyl (C=O) groups is 1. The fourth-order valence-corrected chi connectivity index (χ4v) is 3.65. The zero-order valence-electron chi connectivity index (χ0n) is 17.8. The molecule has 1 amide bonds. The number of nitro groups is 1. The summed E-state index contributed by atoms with van der Waals surface area (Å²) in [6, 6.07) is 9.44. The molecule has 0 aliphatic carbocycles. The van der Waals surface area contributed by atoms with Crippen LogP contribution in [0, 0.1) is 17.0 Å². The van der Waals surface area contributed by atoms with Crippen LogP contribution in [0.5, 0.6) is 0 Å². The van der Waals surface area contributed by atoms with E-state index >= 15 is 0 Å². The van der Waals surface area contributed by atoms with Crippen LogP contribution in [0.4, 0.5) is 27.8 Å². The number of nitrogens with one attached hydrogen (secondary N) is 1. The number of amides is 1. The zero-order valence-corrected chi connectivity index (χ0v) is 17.8. The normalized spacial score (nSPS) is 13.8. The summed E-state index contributed by atoms with van der Waals surface area (Å²) in [6.45, 7) is 5.49. The van der Waals surface area contributed by atoms with Gasteiger partial charge in [-0.05, 0) is 26.0 Å². The van der Waals surface area contributed by atoms with Gasteiger partial charge in [-0.2, -0.15) is 0 Å². The molecule has 0 radical (unpaired) electrons. The molecule has 4 rings (SSSR count). The lowest BCUT2D eigenvalue weighted by molar-refractivity contribution is -0.383. The zero-order chi connectivity index (χ0) is 22.7. The summed E-state index contributed by atoms with van der Waals surface area (Å²) in [5.41, 5.74) is 1.93. The highest BCUT2D eigenvalue weighted by atomic mass is 16.6. The Balaban J connectivity index is 1.64. The van der Waals surface area contributed by atoms with Crippen LogP contribution in [0.1, 0.15) is 12.6 Å². The third kappa shape index (κ3) is 4.22. The molecule has 1 aliphatic heterocycles. The van der Waals surface area contributed by atoms with Crippen molar-refractivity contribution in [1.82, 2.24) is 19.9 Å². The van der Waals surface area contributed by atoms with E-state index in [-0.39, 0.29) is 23.4 Å². The lowest BCUT2D eigenvalue weighted by Crippen LogP contribution is -2.49. The number of hydrogen-bond donors (Lipinski definition) is 1. The van der Waals surface area contributed by atoms with E-state index in [1.807, 2.05) is 31.2 Å². The number of hydrogen-bond acceptors (Lipinski definition) is 9. The number of pyridine rings is 1. The maximum Gasteiger partial charge on any atom is 0.409 e. The molecule has 32 heavy (non-hydrogen) atoms. The van der Waals surface area contributed by atoms with Crippen LogP contribution < -0.4 is 10.2 Å². The molecule has 1 aromatic carbocycles. The topological polar surface area (TPSA) is 127 Å². The lowest BCUT2D eigenvalue weighted by Gasteiger charge is -2.34. The number of carbonyl (C=O) groups excluding carboxylic acids is 1. The number of rotatable bonds is 5. The standard InChI is InChI=1S/C21H23N7O4/c1-3-32-21(29)27-11-9-26(10-12-27)20-18(28(30)31)19(22-13-23-20)25-16-6-4-5-15-8-7-14(2)24-17(15)16/h4-8,13H,3,9-12H2,1-2H3,(H,22,23,25). The van der Waals surface area contributed by atoms with Gasteiger partial charge in [0.15, 0.2) is 0 Å². The fraction of sp³-hybridized carbons (Fsp3) is 0.333. The average molecular weight is 437 g/mol. The summed E-state index contributed by atoms with van der Waals surface area (Å²) in [5, 5.41) is 16.0. The molecule has 11 nitrogen and oxygen atoms in total. The minimum Gasteiger partial charge on any atom is -0.450 e. The van der Waals surface area contributed by atoms with Crippen molar-refractivity contribution < 1.29 is 14.5 Å². The van der Waals surface area contributed by atoms with E-state index in [1.54, 1.807) is 22.8 Å². The number of aromatic nitrogens is 3. The van der Waals surface area contributed by atoms with Crippen molar-refractivity contribution in [1.29, 1.82) is 0 Å². The fourth-order valence-electron chi connectivity index (χ4n) is 3.65. The van der Waals surface area contributed by atoms with Crippen LogP contribution in [-0.2, 0) is 4.74 Å². The number of ether oxygens (including phenoxy) is 1. The predicted molar refractivity (Wildman–Crippen MR) is 119 cm³/mol. The maximum atomic E-state index is 12.0. The van der Waals surface area contributed by atoms with E-state index in [1.165, 1.54) is 6.33 Å². The van der Waals surface area contributed by atoms with Crippen molar-refractivity contribution in [3.05, 3.63) is 52.5 Å². The Morgan fingerprint density at radius 2 is 1.97 bits per heavy atom. The third-order valence-electron chi connectivity index (χ3n) is 5.20. The van der Waals surface area contributed by atoms with Crippen molar-refractivity contribution >= 4 is 40.0 Å². The first-order chi connectivity index (χ1) is 15.5. The minimum absolute atomic E-state index is 0.0867. The molecule has 1 saturated heterocycles. The van der Waals surface area contributed by atoms with Crippen molar-refractivity contribution in [2.24, 2.45) is 0 Å². The van der Waals surface area contributed by atoms with E-state index in [9.17, 15) is 14.9 Å². The maximum absolute atomic E-state index is 12.0. The molecule has 3 heterocycles. The summed E-state index contributed by atoms with van der Waals surface area (Å²) in [5.74, 6) is 0.295. The Labute approximate surface area is 184 Å². The Morgan fingerprint density at radius 1 is 1.19 bits per heavy atom. The Hall–Kier alpha value is -4.02. The van der Waals surface area contributed by atoms with E-state index in [2.05, 4.69) is 20.3 Å². The number of fused-ring (bicyclic) bond motifs is 1. The molecule has 2 aromatic heterocycles. The second kappa shape index (κ2) is 9.00. The van der Waals surface area contributed by atoms with E-state index in [0.29, 0.717) is 44.0 Å². The number of piperazine rings is 1. The number of anilines is 3. The highest BCUT2D eigenvalue weighted by Gasteiger charge is 2.31. The van der Waals surface area contributed by atoms with Gasteiger partial charge in [-0.15, -0.1) is 0 Å². The molecule has 0 atom stereocenters. The Kier molecular flexibility index (Phi) is 5.97. The van der Waals surface area contributed by atoms with Crippen molar-refractivity contribution in [3.8, 4) is 0 Å². The van der Waals surface area contributed by atoms with Gasteiger partial charge in [0.05, 0.1) is 22.7 Å². The summed E-state index contributed by atoms with van der Waals surface area (Å²) in [6.07, 6.45) is 0.914. The highest BCUT2D eigenvalue weighted by Crippen LogP contribution is 2.35. The summed E-state index contributed by atoms with van der Waals surface area (Å²) < 4.78 is 5.03. The van der Waals surface area contributed by atoms with Crippen LogP contribution >= 0.6 is 0 Å². The first-order valence-corrected chi connectivity index (χ1v) is 10.3. The molecule has 11 heteroatoms. The van der Waals surface area contributed by atoms with Gasteiger partial charge in [-0.25, -0.2) is 14.8 Å². The van der Waals surface area contributed by atoms with Crippen LogP contribution in [-0.4, -0.2) is 63.7 Å². The minimum atomic E-state index is -0.487.